The molecule has 0 bridgehead atoms. The van der Waals surface area contributed by atoms with Gasteiger partial charge in [0.05, 0.1) is 17.0 Å². The normalized spacial score (nSPS) is 11.7. The molecule has 2 amide bonds. The van der Waals surface area contributed by atoms with E-state index in [0.29, 0.717) is 11.3 Å². The molecule has 29 heavy (non-hydrogen) atoms. The van der Waals surface area contributed by atoms with Crippen molar-refractivity contribution in [3.8, 4) is 5.75 Å². The van der Waals surface area contributed by atoms with E-state index in [4.69, 9.17) is 9.94 Å². The summed E-state index contributed by atoms with van der Waals surface area (Å²) in [7, 11) is 0. The van der Waals surface area contributed by atoms with Crippen molar-refractivity contribution >= 4 is 22.7 Å². The van der Waals surface area contributed by atoms with Crippen LogP contribution >= 0.6 is 0 Å². The molecule has 7 nitrogen and oxygen atoms in total. The first-order chi connectivity index (χ1) is 14.0. The number of benzene rings is 2. The van der Waals surface area contributed by atoms with Gasteiger partial charge in [-0.05, 0) is 31.2 Å². The number of para-hydroxylation sites is 2. The third-order valence-electron chi connectivity index (χ3n) is 4.57. The molecule has 150 valence electrons. The predicted octanol–water partition coefficient (Wildman–Crippen LogP) is 2.99. The number of carbonyl (C=O) groups is 2. The van der Waals surface area contributed by atoms with Crippen LogP contribution in [0.15, 0.2) is 54.6 Å². The lowest BCUT2D eigenvalue weighted by atomic mass is 10.1. The molecular formula is C22H23N3O4. The Morgan fingerprint density at radius 3 is 2.66 bits per heavy atom. The molecular weight excluding hydrogens is 370 g/mol. The number of hydrogen-bond donors (Lipinski definition) is 3. The first kappa shape index (κ1) is 20.3. The maximum absolute atomic E-state index is 12.6. The largest absolute Gasteiger partial charge is 0.488 e. The minimum absolute atomic E-state index is 0.0910. The summed E-state index contributed by atoms with van der Waals surface area (Å²) in [6.45, 7) is 3.91. The van der Waals surface area contributed by atoms with E-state index in [1.807, 2.05) is 37.3 Å². The molecule has 0 aliphatic carbocycles. The van der Waals surface area contributed by atoms with Crippen LogP contribution < -0.4 is 15.5 Å². The molecule has 0 aliphatic heterocycles. The Morgan fingerprint density at radius 1 is 1.14 bits per heavy atom. The fraction of sp³-hybridized carbons (Fsp3) is 0.227. The number of nitrogens with one attached hydrogen (secondary N) is 2. The molecule has 0 spiro atoms. The quantitative estimate of drug-likeness (QED) is 0.423. The van der Waals surface area contributed by atoms with Crippen LogP contribution in [-0.2, 0) is 11.4 Å². The van der Waals surface area contributed by atoms with Gasteiger partial charge in [-0.25, -0.2) is 5.48 Å². The molecule has 1 atom stereocenters. The average molecular weight is 393 g/mol. The lowest BCUT2D eigenvalue weighted by Gasteiger charge is -2.14. The highest BCUT2D eigenvalue weighted by molar-refractivity contribution is 5.97. The Balaban J connectivity index is 1.75. The van der Waals surface area contributed by atoms with E-state index in [1.54, 1.807) is 36.7 Å². The number of hydrogen-bond acceptors (Lipinski definition) is 5. The van der Waals surface area contributed by atoms with Crippen molar-refractivity contribution in [2.75, 3.05) is 6.54 Å². The van der Waals surface area contributed by atoms with Gasteiger partial charge in [0, 0.05) is 23.2 Å². The molecule has 0 saturated carbocycles. The Morgan fingerprint density at radius 2 is 1.86 bits per heavy atom. The van der Waals surface area contributed by atoms with Gasteiger partial charge in [0.1, 0.15) is 12.4 Å². The van der Waals surface area contributed by atoms with Gasteiger partial charge in [-0.2, -0.15) is 0 Å². The molecule has 0 saturated heterocycles. The van der Waals surface area contributed by atoms with Crippen LogP contribution in [0.2, 0.25) is 0 Å². The second kappa shape index (κ2) is 9.16. The van der Waals surface area contributed by atoms with Crippen molar-refractivity contribution in [2.45, 2.75) is 20.5 Å². The Hall–Kier alpha value is -3.45. The number of ether oxygens (including phenoxy) is 1. The van der Waals surface area contributed by atoms with E-state index in [2.05, 4.69) is 10.3 Å². The van der Waals surface area contributed by atoms with Gasteiger partial charge in [0.15, 0.2) is 0 Å². The van der Waals surface area contributed by atoms with Crippen LogP contribution in [0.25, 0.3) is 10.9 Å². The van der Waals surface area contributed by atoms with E-state index in [1.165, 1.54) is 0 Å². The van der Waals surface area contributed by atoms with Gasteiger partial charge in [0.2, 0.25) is 5.91 Å². The molecule has 7 heteroatoms. The fourth-order valence-corrected chi connectivity index (χ4v) is 2.99. The van der Waals surface area contributed by atoms with Crippen LogP contribution in [-0.4, -0.2) is 28.6 Å². The molecule has 1 unspecified atom stereocenters. The Kier molecular flexibility index (Phi) is 6.41. The SMILES string of the molecule is Cc1cc(COc2ccccc2C(=O)NCC(C)C(=O)NO)c2ccccc2n1. The van der Waals surface area contributed by atoms with E-state index >= 15 is 0 Å². The molecule has 1 heterocycles. The van der Waals surface area contributed by atoms with Crippen molar-refractivity contribution in [3.63, 3.8) is 0 Å². The lowest BCUT2D eigenvalue weighted by molar-refractivity contribution is -0.132. The zero-order valence-corrected chi connectivity index (χ0v) is 16.3. The summed E-state index contributed by atoms with van der Waals surface area (Å²) in [5.74, 6) is -1.03. The Bertz CT molecular complexity index is 1040. The smallest absolute Gasteiger partial charge is 0.255 e. The van der Waals surface area contributed by atoms with Crippen molar-refractivity contribution in [1.29, 1.82) is 0 Å². The standard InChI is InChI=1S/C22H23N3O4/c1-14(21(26)25-28)12-23-22(27)18-8-4-6-10-20(18)29-13-16-11-15(2)24-19-9-5-3-7-17(16)19/h3-11,14,28H,12-13H2,1-2H3,(H,23,27)(H,25,26). The van der Waals surface area contributed by atoms with Crippen molar-refractivity contribution in [3.05, 3.63) is 71.4 Å². The third-order valence-corrected chi connectivity index (χ3v) is 4.57. The van der Waals surface area contributed by atoms with E-state index in [-0.39, 0.29) is 19.1 Å². The number of aromatic nitrogens is 1. The summed E-state index contributed by atoms with van der Waals surface area (Å²) in [4.78, 5) is 28.5. The lowest BCUT2D eigenvalue weighted by Crippen LogP contribution is -2.36. The zero-order chi connectivity index (χ0) is 20.8. The van der Waals surface area contributed by atoms with Crippen LogP contribution in [0.3, 0.4) is 0 Å². The number of rotatable bonds is 7. The third kappa shape index (κ3) is 4.89. The van der Waals surface area contributed by atoms with Crippen LogP contribution in [0.4, 0.5) is 0 Å². The van der Waals surface area contributed by atoms with Crippen LogP contribution in [0.1, 0.15) is 28.5 Å². The van der Waals surface area contributed by atoms with Crippen LogP contribution in [0.5, 0.6) is 5.75 Å². The second-order valence-electron chi connectivity index (χ2n) is 6.81. The number of nitrogens with zero attached hydrogens (tertiary/aromatic N) is 1. The summed E-state index contributed by atoms with van der Waals surface area (Å²) in [6, 6.07) is 16.8. The highest BCUT2D eigenvalue weighted by Crippen LogP contribution is 2.23. The molecule has 3 N–H and O–H groups in total. The summed E-state index contributed by atoms with van der Waals surface area (Å²) < 4.78 is 5.97. The van der Waals surface area contributed by atoms with Gasteiger partial charge in [-0.3, -0.25) is 19.8 Å². The highest BCUT2D eigenvalue weighted by Gasteiger charge is 2.16. The predicted molar refractivity (Wildman–Crippen MR) is 109 cm³/mol. The number of amides is 2. The first-order valence-corrected chi connectivity index (χ1v) is 9.29. The Labute approximate surface area is 168 Å². The maximum Gasteiger partial charge on any atom is 0.255 e. The molecule has 3 aromatic rings. The number of pyridine rings is 1. The number of aryl methyl sites for hydroxylation is 1. The number of carbonyl (C=O) groups excluding carboxylic acids is 2. The van der Waals surface area contributed by atoms with Gasteiger partial charge in [0.25, 0.3) is 5.91 Å². The van der Waals surface area contributed by atoms with Gasteiger partial charge >= 0.3 is 0 Å². The summed E-state index contributed by atoms with van der Waals surface area (Å²) in [5, 5.41) is 12.4. The first-order valence-electron chi connectivity index (χ1n) is 9.29. The maximum atomic E-state index is 12.6. The molecule has 3 rings (SSSR count). The fourth-order valence-electron chi connectivity index (χ4n) is 2.99. The number of fused-ring (bicyclic) bond motifs is 1. The number of hydroxylamine groups is 1. The van der Waals surface area contributed by atoms with Crippen LogP contribution in [0, 0.1) is 12.8 Å². The summed E-state index contributed by atoms with van der Waals surface area (Å²) >= 11 is 0. The molecule has 2 aromatic carbocycles. The van der Waals surface area contributed by atoms with Gasteiger partial charge in [-0.15, -0.1) is 0 Å². The minimum atomic E-state index is -0.566. The van der Waals surface area contributed by atoms with Crippen molar-refractivity contribution in [2.24, 2.45) is 5.92 Å². The molecule has 0 radical (unpaired) electrons. The van der Waals surface area contributed by atoms with E-state index in [0.717, 1.165) is 22.2 Å². The van der Waals surface area contributed by atoms with E-state index in [9.17, 15) is 9.59 Å². The second-order valence-corrected chi connectivity index (χ2v) is 6.81. The zero-order valence-electron chi connectivity index (χ0n) is 16.3. The average Bonchev–Trinajstić information content (AvgIpc) is 2.75. The monoisotopic (exact) mass is 393 g/mol. The van der Waals surface area contributed by atoms with Gasteiger partial charge < -0.3 is 10.1 Å². The van der Waals surface area contributed by atoms with Crippen molar-refractivity contribution in [1.82, 2.24) is 15.8 Å². The highest BCUT2D eigenvalue weighted by atomic mass is 16.5. The van der Waals surface area contributed by atoms with E-state index < -0.39 is 11.8 Å². The molecule has 0 aliphatic rings. The summed E-state index contributed by atoms with van der Waals surface area (Å²) in [5.41, 5.74) is 4.72. The van der Waals surface area contributed by atoms with Crippen molar-refractivity contribution < 1.29 is 19.5 Å². The minimum Gasteiger partial charge on any atom is -0.488 e. The molecule has 0 fully saturated rings. The van der Waals surface area contributed by atoms with Gasteiger partial charge in [-0.1, -0.05) is 37.3 Å². The molecule has 1 aromatic heterocycles. The summed E-state index contributed by atoms with van der Waals surface area (Å²) in [6.07, 6.45) is 0. The topological polar surface area (TPSA) is 101 Å².